The van der Waals surface area contributed by atoms with E-state index in [2.05, 4.69) is 10.6 Å². The number of amides is 2. The second kappa shape index (κ2) is 8.92. The summed E-state index contributed by atoms with van der Waals surface area (Å²) in [5.41, 5.74) is 1.37. The predicted octanol–water partition coefficient (Wildman–Crippen LogP) is 5.61. The van der Waals surface area contributed by atoms with E-state index in [9.17, 15) is 9.59 Å². The van der Waals surface area contributed by atoms with E-state index in [1.165, 1.54) is 0 Å². The van der Waals surface area contributed by atoms with Crippen molar-refractivity contribution >= 4 is 29.0 Å². The largest absolute Gasteiger partial charge is 0.444 e. The van der Waals surface area contributed by atoms with Gasteiger partial charge in [0.25, 0.3) is 5.91 Å². The number of carbonyl (C=O) groups excluding carboxylic acids is 2. The molecule has 0 saturated heterocycles. The van der Waals surface area contributed by atoms with Crippen LogP contribution >= 0.6 is 11.3 Å². The molecule has 150 valence electrons. The van der Waals surface area contributed by atoms with Gasteiger partial charge in [-0.1, -0.05) is 42.5 Å². The fourth-order valence-electron chi connectivity index (χ4n) is 2.79. The van der Waals surface area contributed by atoms with Crippen LogP contribution in [-0.2, 0) is 4.74 Å². The van der Waals surface area contributed by atoms with Gasteiger partial charge in [-0.2, -0.15) is 0 Å². The third-order valence-corrected chi connectivity index (χ3v) is 4.94. The summed E-state index contributed by atoms with van der Waals surface area (Å²) in [6.45, 7) is 5.39. The van der Waals surface area contributed by atoms with Crippen molar-refractivity contribution in [3.05, 3.63) is 88.1 Å². The van der Waals surface area contributed by atoms with E-state index in [0.717, 1.165) is 10.4 Å². The molecule has 2 N–H and O–H groups in total. The summed E-state index contributed by atoms with van der Waals surface area (Å²) >= 11 is 1.59. The number of nitrogens with one attached hydrogen (secondary N) is 2. The fourth-order valence-corrected chi connectivity index (χ4v) is 3.60. The lowest BCUT2D eigenvalue weighted by Gasteiger charge is -2.20. The smallest absolute Gasteiger partial charge is 0.412 e. The second-order valence-electron chi connectivity index (χ2n) is 7.54. The molecular weight excluding hydrogens is 384 g/mol. The van der Waals surface area contributed by atoms with Crippen LogP contribution in [0.15, 0.2) is 72.1 Å². The number of carbonyl (C=O) groups is 2. The molecule has 0 aliphatic rings. The van der Waals surface area contributed by atoms with Crippen molar-refractivity contribution in [1.29, 1.82) is 0 Å². The molecule has 1 unspecified atom stereocenters. The van der Waals surface area contributed by atoms with Crippen LogP contribution in [0.5, 0.6) is 0 Å². The second-order valence-corrected chi connectivity index (χ2v) is 8.52. The third kappa shape index (κ3) is 5.93. The summed E-state index contributed by atoms with van der Waals surface area (Å²) in [5, 5.41) is 7.75. The molecule has 29 heavy (non-hydrogen) atoms. The molecule has 2 aromatic carbocycles. The summed E-state index contributed by atoms with van der Waals surface area (Å²) in [6.07, 6.45) is -0.559. The summed E-state index contributed by atoms with van der Waals surface area (Å²) in [4.78, 5) is 26.0. The Labute approximate surface area is 174 Å². The Bertz CT molecular complexity index is 963. The summed E-state index contributed by atoms with van der Waals surface area (Å²) in [5.74, 6) is -0.222. The maximum Gasteiger partial charge on any atom is 0.412 e. The normalized spacial score (nSPS) is 12.1. The van der Waals surface area contributed by atoms with Gasteiger partial charge in [-0.15, -0.1) is 11.3 Å². The maximum absolute atomic E-state index is 12.9. The van der Waals surface area contributed by atoms with E-state index in [1.807, 2.05) is 47.8 Å². The van der Waals surface area contributed by atoms with E-state index < -0.39 is 11.7 Å². The molecular formula is C23H24N2O3S. The Morgan fingerprint density at radius 3 is 2.38 bits per heavy atom. The molecule has 1 aromatic heterocycles. The molecule has 2 amide bonds. The SMILES string of the molecule is CC(C)(C)OC(=O)Nc1cccc(C(=O)NC(c2ccccc2)c2cccs2)c1. The molecule has 0 fully saturated rings. The predicted molar refractivity (Wildman–Crippen MR) is 116 cm³/mol. The molecule has 3 rings (SSSR count). The van der Waals surface area contributed by atoms with Crippen molar-refractivity contribution < 1.29 is 14.3 Å². The number of hydrogen-bond donors (Lipinski definition) is 2. The molecule has 0 bridgehead atoms. The highest BCUT2D eigenvalue weighted by Crippen LogP contribution is 2.26. The van der Waals surface area contributed by atoms with E-state index in [1.54, 1.807) is 56.4 Å². The third-order valence-electron chi connectivity index (χ3n) is 4.01. The minimum absolute atomic E-state index is 0.222. The maximum atomic E-state index is 12.9. The summed E-state index contributed by atoms with van der Waals surface area (Å²) < 4.78 is 5.26. The van der Waals surface area contributed by atoms with Crippen molar-refractivity contribution in [2.45, 2.75) is 32.4 Å². The minimum atomic E-state index is -0.595. The highest BCUT2D eigenvalue weighted by molar-refractivity contribution is 7.10. The average molecular weight is 409 g/mol. The standard InChI is InChI=1S/C23H24N2O3S/c1-23(2,3)28-22(27)24-18-12-7-11-17(15-18)21(26)25-20(19-13-8-14-29-19)16-9-5-4-6-10-16/h4-15,20H,1-3H3,(H,24,27)(H,25,26). The van der Waals surface area contributed by atoms with Gasteiger partial charge in [-0.25, -0.2) is 4.79 Å². The zero-order valence-corrected chi connectivity index (χ0v) is 17.5. The number of benzene rings is 2. The number of thiophene rings is 1. The van der Waals surface area contributed by atoms with Gasteiger partial charge in [-0.3, -0.25) is 10.1 Å². The molecule has 0 aliphatic heterocycles. The molecule has 6 heteroatoms. The Balaban J connectivity index is 1.76. The van der Waals surface area contributed by atoms with Crippen LogP contribution in [0.3, 0.4) is 0 Å². The number of anilines is 1. The quantitative estimate of drug-likeness (QED) is 0.576. The van der Waals surface area contributed by atoms with Crippen molar-refractivity contribution in [3.8, 4) is 0 Å². The van der Waals surface area contributed by atoms with Crippen molar-refractivity contribution in [3.63, 3.8) is 0 Å². The summed E-state index contributed by atoms with van der Waals surface area (Å²) in [6, 6.07) is 20.4. The lowest BCUT2D eigenvalue weighted by Crippen LogP contribution is -2.29. The first-order chi connectivity index (χ1) is 13.8. The first-order valence-corrected chi connectivity index (χ1v) is 10.2. The van der Waals surface area contributed by atoms with E-state index in [0.29, 0.717) is 11.3 Å². The highest BCUT2D eigenvalue weighted by Gasteiger charge is 2.20. The van der Waals surface area contributed by atoms with Crippen molar-refractivity contribution in [1.82, 2.24) is 5.32 Å². The lowest BCUT2D eigenvalue weighted by molar-refractivity contribution is 0.0635. The molecule has 0 saturated carbocycles. The number of ether oxygens (including phenoxy) is 1. The number of hydrogen-bond acceptors (Lipinski definition) is 4. The van der Waals surface area contributed by atoms with E-state index in [4.69, 9.17) is 4.74 Å². The lowest BCUT2D eigenvalue weighted by atomic mass is 10.0. The van der Waals surface area contributed by atoms with Gasteiger partial charge in [0.2, 0.25) is 0 Å². The van der Waals surface area contributed by atoms with Crippen LogP contribution in [0, 0.1) is 0 Å². The molecule has 1 heterocycles. The molecule has 0 radical (unpaired) electrons. The Kier molecular flexibility index (Phi) is 6.34. The topological polar surface area (TPSA) is 67.4 Å². The molecule has 1 atom stereocenters. The van der Waals surface area contributed by atoms with Crippen LogP contribution in [-0.4, -0.2) is 17.6 Å². The van der Waals surface area contributed by atoms with Crippen LogP contribution in [0.25, 0.3) is 0 Å². The molecule has 0 spiro atoms. The van der Waals surface area contributed by atoms with Gasteiger partial charge in [0.05, 0.1) is 6.04 Å². The monoisotopic (exact) mass is 408 g/mol. The van der Waals surface area contributed by atoms with Crippen LogP contribution < -0.4 is 10.6 Å². The zero-order chi connectivity index (χ0) is 20.9. The van der Waals surface area contributed by atoms with Gasteiger partial charge in [0.1, 0.15) is 5.60 Å². The average Bonchev–Trinajstić information content (AvgIpc) is 3.19. The fraction of sp³-hybridized carbons (Fsp3) is 0.217. The van der Waals surface area contributed by atoms with E-state index >= 15 is 0 Å². The van der Waals surface area contributed by atoms with E-state index in [-0.39, 0.29) is 11.9 Å². The molecule has 3 aromatic rings. The minimum Gasteiger partial charge on any atom is -0.444 e. The molecule has 0 aliphatic carbocycles. The highest BCUT2D eigenvalue weighted by atomic mass is 32.1. The van der Waals surface area contributed by atoms with Gasteiger partial charge >= 0.3 is 6.09 Å². The van der Waals surface area contributed by atoms with Gasteiger partial charge in [0, 0.05) is 16.1 Å². The Morgan fingerprint density at radius 1 is 0.966 bits per heavy atom. The summed E-state index contributed by atoms with van der Waals surface area (Å²) in [7, 11) is 0. The molecule has 5 nitrogen and oxygen atoms in total. The zero-order valence-electron chi connectivity index (χ0n) is 16.6. The Hall–Kier alpha value is -3.12. The van der Waals surface area contributed by atoms with Gasteiger partial charge in [0.15, 0.2) is 0 Å². The first-order valence-electron chi connectivity index (χ1n) is 9.31. The van der Waals surface area contributed by atoms with Crippen molar-refractivity contribution in [2.24, 2.45) is 0 Å². The van der Waals surface area contributed by atoms with Gasteiger partial charge in [-0.05, 0) is 56.0 Å². The van der Waals surface area contributed by atoms with Crippen LogP contribution in [0.4, 0.5) is 10.5 Å². The van der Waals surface area contributed by atoms with Crippen molar-refractivity contribution in [2.75, 3.05) is 5.32 Å². The van der Waals surface area contributed by atoms with Crippen LogP contribution in [0.2, 0.25) is 0 Å². The van der Waals surface area contributed by atoms with Gasteiger partial charge < -0.3 is 10.1 Å². The number of rotatable bonds is 5. The van der Waals surface area contributed by atoms with Crippen LogP contribution in [0.1, 0.15) is 47.6 Å². The first kappa shape index (κ1) is 20.6. The Morgan fingerprint density at radius 2 is 1.72 bits per heavy atom.